The minimum Gasteiger partial charge on any atom is -0.393 e. The van der Waals surface area contributed by atoms with Crippen LogP contribution in [0.25, 0.3) is 0 Å². The molecule has 0 aliphatic carbocycles. The van der Waals surface area contributed by atoms with Crippen LogP contribution < -0.4 is 10.6 Å². The molecule has 0 saturated carbocycles. The molecule has 2 amide bonds. The lowest BCUT2D eigenvalue weighted by atomic mass is 10.0. The van der Waals surface area contributed by atoms with Crippen LogP contribution in [0, 0.1) is 5.92 Å². The molecule has 0 saturated heterocycles. The topological polar surface area (TPSA) is 74.2 Å². The molecule has 6 heteroatoms. The third-order valence-electron chi connectivity index (χ3n) is 2.98. The van der Waals surface area contributed by atoms with Gasteiger partial charge in [-0.25, -0.2) is 9.78 Å². The summed E-state index contributed by atoms with van der Waals surface area (Å²) in [5, 5.41) is 15.5. The van der Waals surface area contributed by atoms with Crippen LogP contribution in [-0.4, -0.2) is 35.3 Å². The summed E-state index contributed by atoms with van der Waals surface area (Å²) >= 11 is 5.69. The Hall–Kier alpha value is -1.33. The highest BCUT2D eigenvalue weighted by atomic mass is 35.5. The minimum absolute atomic E-state index is 0.206. The van der Waals surface area contributed by atoms with Crippen LogP contribution >= 0.6 is 11.6 Å². The van der Waals surface area contributed by atoms with Crippen LogP contribution in [-0.2, 0) is 6.42 Å². The van der Waals surface area contributed by atoms with E-state index in [1.54, 1.807) is 12.3 Å². The third-order valence-corrected chi connectivity index (χ3v) is 3.21. The van der Waals surface area contributed by atoms with E-state index < -0.39 is 0 Å². The molecule has 0 bridgehead atoms. The van der Waals surface area contributed by atoms with Gasteiger partial charge >= 0.3 is 6.03 Å². The minimum atomic E-state index is -0.379. The number of amides is 2. The Kier molecular flexibility index (Phi) is 7.33. The van der Waals surface area contributed by atoms with Crippen molar-refractivity contribution in [3.63, 3.8) is 0 Å². The van der Waals surface area contributed by atoms with E-state index in [0.29, 0.717) is 31.1 Å². The molecule has 1 rings (SSSR count). The van der Waals surface area contributed by atoms with Gasteiger partial charge in [-0.2, -0.15) is 0 Å². The van der Waals surface area contributed by atoms with E-state index in [-0.39, 0.29) is 18.1 Å². The fourth-order valence-corrected chi connectivity index (χ4v) is 1.72. The Labute approximate surface area is 124 Å². The Bertz CT molecular complexity index is 409. The normalized spacial score (nSPS) is 12.2. The van der Waals surface area contributed by atoms with E-state index in [2.05, 4.69) is 15.6 Å². The number of carbonyl (C=O) groups excluding carboxylic acids is 1. The van der Waals surface area contributed by atoms with Crippen LogP contribution in [0.15, 0.2) is 18.3 Å². The van der Waals surface area contributed by atoms with Crippen LogP contribution in [0.4, 0.5) is 4.79 Å². The molecule has 0 aliphatic rings. The fourth-order valence-electron chi connectivity index (χ4n) is 1.60. The first-order valence-corrected chi connectivity index (χ1v) is 7.17. The summed E-state index contributed by atoms with van der Waals surface area (Å²) in [4.78, 5) is 15.5. The van der Waals surface area contributed by atoms with E-state index in [4.69, 9.17) is 11.6 Å². The second kappa shape index (κ2) is 8.76. The number of hydrogen-bond acceptors (Lipinski definition) is 3. The SMILES string of the molecule is CC(C)C(O)CCNC(=O)NCCc1ccc(Cl)nc1. The fraction of sp³-hybridized carbons (Fsp3) is 0.571. The molecule has 20 heavy (non-hydrogen) atoms. The lowest BCUT2D eigenvalue weighted by molar-refractivity contribution is 0.116. The zero-order valence-corrected chi connectivity index (χ0v) is 12.7. The number of aliphatic hydroxyl groups is 1. The van der Waals surface area contributed by atoms with Crippen LogP contribution in [0.1, 0.15) is 25.8 Å². The predicted molar refractivity (Wildman–Crippen MR) is 79.8 cm³/mol. The molecule has 112 valence electrons. The Morgan fingerprint density at radius 1 is 1.35 bits per heavy atom. The van der Waals surface area contributed by atoms with Crippen molar-refractivity contribution in [2.75, 3.05) is 13.1 Å². The van der Waals surface area contributed by atoms with E-state index in [1.807, 2.05) is 19.9 Å². The van der Waals surface area contributed by atoms with Gasteiger partial charge in [0, 0.05) is 19.3 Å². The summed E-state index contributed by atoms with van der Waals surface area (Å²) in [5.41, 5.74) is 1.02. The van der Waals surface area contributed by atoms with E-state index in [9.17, 15) is 9.90 Å². The Balaban J connectivity index is 2.12. The molecule has 1 atom stereocenters. The summed E-state index contributed by atoms with van der Waals surface area (Å²) < 4.78 is 0. The smallest absolute Gasteiger partial charge is 0.314 e. The average Bonchev–Trinajstić information content (AvgIpc) is 2.40. The van der Waals surface area contributed by atoms with Gasteiger partial charge in [0.25, 0.3) is 0 Å². The lowest BCUT2D eigenvalue weighted by Crippen LogP contribution is -2.38. The number of rotatable bonds is 7. The van der Waals surface area contributed by atoms with Crippen LogP contribution in [0.2, 0.25) is 5.15 Å². The standard InChI is InChI=1S/C14H22ClN3O2/c1-10(2)12(19)6-8-17-14(20)16-7-5-11-3-4-13(15)18-9-11/h3-4,9-10,12,19H,5-8H2,1-2H3,(H2,16,17,20). The molecule has 5 nitrogen and oxygen atoms in total. The number of aliphatic hydroxyl groups excluding tert-OH is 1. The highest BCUT2D eigenvalue weighted by molar-refractivity contribution is 6.29. The quantitative estimate of drug-likeness (QED) is 0.674. The van der Waals surface area contributed by atoms with Gasteiger partial charge in [-0.1, -0.05) is 31.5 Å². The Morgan fingerprint density at radius 3 is 2.65 bits per heavy atom. The number of aromatic nitrogens is 1. The lowest BCUT2D eigenvalue weighted by Gasteiger charge is -2.14. The number of nitrogens with zero attached hydrogens (tertiary/aromatic N) is 1. The van der Waals surface area contributed by atoms with Crippen molar-refractivity contribution >= 4 is 17.6 Å². The van der Waals surface area contributed by atoms with Crippen molar-refractivity contribution in [1.29, 1.82) is 0 Å². The summed E-state index contributed by atoms with van der Waals surface area (Å²) in [6.07, 6.45) is 2.58. The molecule has 1 unspecified atom stereocenters. The van der Waals surface area contributed by atoms with E-state index >= 15 is 0 Å². The van der Waals surface area contributed by atoms with Gasteiger partial charge in [0.05, 0.1) is 6.10 Å². The van der Waals surface area contributed by atoms with Gasteiger partial charge < -0.3 is 15.7 Å². The summed E-state index contributed by atoms with van der Waals surface area (Å²) in [6, 6.07) is 3.39. The molecule has 0 aromatic carbocycles. The zero-order valence-electron chi connectivity index (χ0n) is 11.9. The second-order valence-electron chi connectivity index (χ2n) is 5.02. The number of nitrogens with one attached hydrogen (secondary N) is 2. The van der Waals surface area contributed by atoms with E-state index in [0.717, 1.165) is 5.56 Å². The van der Waals surface area contributed by atoms with Crippen LogP contribution in [0.5, 0.6) is 0 Å². The summed E-state index contributed by atoms with van der Waals surface area (Å²) in [5.74, 6) is 0.206. The molecule has 0 aliphatic heterocycles. The average molecular weight is 300 g/mol. The zero-order chi connectivity index (χ0) is 15.0. The predicted octanol–water partition coefficient (Wildman–Crippen LogP) is 1.98. The highest BCUT2D eigenvalue weighted by Crippen LogP contribution is 2.05. The number of halogens is 1. The molecule has 1 aromatic heterocycles. The van der Waals surface area contributed by atoms with Gasteiger partial charge in [-0.3, -0.25) is 0 Å². The largest absolute Gasteiger partial charge is 0.393 e. The van der Waals surface area contributed by atoms with Crippen LogP contribution in [0.3, 0.4) is 0 Å². The maximum Gasteiger partial charge on any atom is 0.314 e. The first-order valence-electron chi connectivity index (χ1n) is 6.79. The molecule has 1 aromatic rings. The van der Waals surface area contributed by atoms with Crippen molar-refractivity contribution in [1.82, 2.24) is 15.6 Å². The third kappa shape index (κ3) is 6.73. The van der Waals surface area contributed by atoms with Gasteiger partial charge in [0.2, 0.25) is 0 Å². The van der Waals surface area contributed by atoms with Gasteiger partial charge in [0.15, 0.2) is 0 Å². The first kappa shape index (κ1) is 16.7. The monoisotopic (exact) mass is 299 g/mol. The van der Waals surface area contributed by atoms with Crippen molar-refractivity contribution in [2.24, 2.45) is 5.92 Å². The Morgan fingerprint density at radius 2 is 2.05 bits per heavy atom. The van der Waals surface area contributed by atoms with E-state index in [1.165, 1.54) is 0 Å². The number of hydrogen-bond donors (Lipinski definition) is 3. The van der Waals surface area contributed by atoms with Crippen molar-refractivity contribution in [3.8, 4) is 0 Å². The number of urea groups is 1. The van der Waals surface area contributed by atoms with Crippen molar-refractivity contribution < 1.29 is 9.90 Å². The maximum absolute atomic E-state index is 11.5. The number of pyridine rings is 1. The van der Waals surface area contributed by atoms with Gasteiger partial charge in [-0.15, -0.1) is 0 Å². The molecule has 1 heterocycles. The molecule has 0 radical (unpaired) electrons. The molecule has 3 N–H and O–H groups in total. The van der Waals surface area contributed by atoms with Crippen molar-refractivity contribution in [2.45, 2.75) is 32.8 Å². The molecular weight excluding hydrogens is 278 g/mol. The molecular formula is C14H22ClN3O2. The summed E-state index contributed by atoms with van der Waals surface area (Å²) in [6.45, 7) is 4.89. The second-order valence-corrected chi connectivity index (χ2v) is 5.41. The molecule has 0 spiro atoms. The van der Waals surface area contributed by atoms with Gasteiger partial charge in [0.1, 0.15) is 5.15 Å². The van der Waals surface area contributed by atoms with Gasteiger partial charge in [-0.05, 0) is 30.4 Å². The van der Waals surface area contributed by atoms with Crippen molar-refractivity contribution in [3.05, 3.63) is 29.0 Å². The number of carbonyl (C=O) groups is 1. The first-order chi connectivity index (χ1) is 9.49. The highest BCUT2D eigenvalue weighted by Gasteiger charge is 2.09. The summed E-state index contributed by atoms with van der Waals surface area (Å²) in [7, 11) is 0. The molecule has 0 fully saturated rings. The maximum atomic E-state index is 11.5.